The Morgan fingerprint density at radius 3 is 2.33 bits per heavy atom. The Balaban J connectivity index is 2.39. The van der Waals surface area contributed by atoms with Gasteiger partial charge in [0.05, 0.1) is 5.69 Å². The van der Waals surface area contributed by atoms with Crippen LogP contribution in [0.1, 0.15) is 26.6 Å². The van der Waals surface area contributed by atoms with Gasteiger partial charge >= 0.3 is 0 Å². The van der Waals surface area contributed by atoms with E-state index >= 15 is 0 Å². The quantitative estimate of drug-likeness (QED) is 0.755. The molecule has 0 saturated heterocycles. The average Bonchev–Trinajstić information content (AvgIpc) is 2.40. The van der Waals surface area contributed by atoms with Gasteiger partial charge in [0, 0.05) is 22.1 Å². The maximum absolute atomic E-state index is 13.2. The number of benzene rings is 1. The summed E-state index contributed by atoms with van der Waals surface area (Å²) in [5, 5.41) is 6.26. The van der Waals surface area contributed by atoms with E-state index in [9.17, 15) is 4.39 Å². The van der Waals surface area contributed by atoms with Gasteiger partial charge in [0.25, 0.3) is 0 Å². The summed E-state index contributed by atoms with van der Waals surface area (Å²) in [5.41, 5.74) is 0.664. The summed E-state index contributed by atoms with van der Waals surface area (Å²) in [6.45, 7) is 6.19. The zero-order valence-corrected chi connectivity index (χ0v) is 14.6. The highest BCUT2D eigenvalue weighted by Gasteiger charge is 2.19. The highest BCUT2D eigenvalue weighted by atomic mass is 127. The van der Waals surface area contributed by atoms with Crippen LogP contribution in [0.4, 0.5) is 21.7 Å². The van der Waals surface area contributed by atoms with Crippen LogP contribution >= 0.6 is 22.6 Å². The number of halogens is 2. The molecule has 0 amide bonds. The molecule has 4 nitrogen and oxygen atoms in total. The zero-order valence-electron chi connectivity index (χ0n) is 12.5. The highest BCUT2D eigenvalue weighted by Crippen LogP contribution is 2.26. The number of rotatable bonds is 3. The normalized spacial score (nSPS) is 11.3. The van der Waals surface area contributed by atoms with E-state index in [0.29, 0.717) is 5.82 Å². The first-order chi connectivity index (χ1) is 9.79. The van der Waals surface area contributed by atoms with E-state index in [0.717, 1.165) is 20.9 Å². The van der Waals surface area contributed by atoms with Crippen molar-refractivity contribution in [3.05, 3.63) is 39.5 Å². The lowest BCUT2D eigenvalue weighted by Crippen LogP contribution is -2.17. The molecule has 2 aromatic rings. The van der Waals surface area contributed by atoms with E-state index in [1.54, 1.807) is 6.07 Å². The molecule has 0 fully saturated rings. The van der Waals surface area contributed by atoms with E-state index in [1.165, 1.54) is 12.1 Å². The third-order valence-corrected chi connectivity index (χ3v) is 3.74. The molecule has 2 rings (SSSR count). The smallest absolute Gasteiger partial charge is 0.138 e. The predicted molar refractivity (Wildman–Crippen MR) is 92.7 cm³/mol. The largest absolute Gasteiger partial charge is 0.373 e. The van der Waals surface area contributed by atoms with Gasteiger partial charge in [-0.2, -0.15) is 0 Å². The van der Waals surface area contributed by atoms with Crippen LogP contribution in [0, 0.1) is 9.39 Å². The van der Waals surface area contributed by atoms with Gasteiger partial charge in [0.1, 0.15) is 23.3 Å². The van der Waals surface area contributed by atoms with Crippen molar-refractivity contribution in [2.24, 2.45) is 0 Å². The summed E-state index contributed by atoms with van der Waals surface area (Å²) in [6, 6.07) is 6.44. The molecule has 0 atom stereocenters. The van der Waals surface area contributed by atoms with Gasteiger partial charge in [0.2, 0.25) is 0 Å². The molecule has 0 unspecified atom stereocenters. The van der Waals surface area contributed by atoms with Crippen LogP contribution in [0.2, 0.25) is 0 Å². The molecule has 6 heteroatoms. The standard InChI is InChI=1S/C15H18FIN4/c1-15(2,3)14-20-12(18-4)8-13(21-14)19-11-6-5-9(16)7-10(11)17/h5-8H,1-4H3,(H2,18,19,20,21). The number of aromatic nitrogens is 2. The fourth-order valence-electron chi connectivity index (χ4n) is 1.70. The fraction of sp³-hybridized carbons (Fsp3) is 0.333. The van der Waals surface area contributed by atoms with Crippen molar-refractivity contribution in [1.82, 2.24) is 9.97 Å². The van der Waals surface area contributed by atoms with E-state index in [4.69, 9.17) is 0 Å². The van der Waals surface area contributed by atoms with Crippen LogP contribution in [0.15, 0.2) is 24.3 Å². The minimum atomic E-state index is -0.251. The zero-order chi connectivity index (χ0) is 15.6. The summed E-state index contributed by atoms with van der Waals surface area (Å²) in [6.07, 6.45) is 0. The predicted octanol–water partition coefficient (Wildman–Crippen LogP) is 4.30. The van der Waals surface area contributed by atoms with Crippen LogP contribution in [0.3, 0.4) is 0 Å². The van der Waals surface area contributed by atoms with Crippen molar-refractivity contribution >= 4 is 39.9 Å². The molecule has 0 saturated carbocycles. The lowest BCUT2D eigenvalue weighted by Gasteiger charge is -2.19. The molecule has 0 aliphatic heterocycles. The van der Waals surface area contributed by atoms with Gasteiger partial charge in [-0.3, -0.25) is 0 Å². The molecule has 0 aliphatic carbocycles. The third kappa shape index (κ3) is 4.03. The van der Waals surface area contributed by atoms with Gasteiger partial charge in [-0.15, -0.1) is 0 Å². The summed E-state index contributed by atoms with van der Waals surface area (Å²) in [7, 11) is 1.82. The molecule has 0 aliphatic rings. The molecule has 0 spiro atoms. The fourth-order valence-corrected chi connectivity index (χ4v) is 2.32. The van der Waals surface area contributed by atoms with Crippen molar-refractivity contribution in [2.75, 3.05) is 17.7 Å². The van der Waals surface area contributed by atoms with Crippen molar-refractivity contribution in [2.45, 2.75) is 26.2 Å². The first kappa shape index (κ1) is 15.9. The Morgan fingerprint density at radius 1 is 1.10 bits per heavy atom. The van der Waals surface area contributed by atoms with Crippen LogP contribution < -0.4 is 10.6 Å². The average molecular weight is 400 g/mol. The Morgan fingerprint density at radius 2 is 1.76 bits per heavy atom. The molecule has 21 heavy (non-hydrogen) atoms. The molecule has 1 aromatic carbocycles. The van der Waals surface area contributed by atoms with Gasteiger partial charge in [-0.05, 0) is 40.8 Å². The Hall–Kier alpha value is -1.44. The third-order valence-electron chi connectivity index (χ3n) is 2.85. The molecule has 112 valence electrons. The second-order valence-corrected chi connectivity index (χ2v) is 6.87. The van der Waals surface area contributed by atoms with Crippen LogP contribution in [0.5, 0.6) is 0 Å². The van der Waals surface area contributed by atoms with Crippen LogP contribution in [0.25, 0.3) is 0 Å². The molecular weight excluding hydrogens is 382 g/mol. The molecule has 0 radical (unpaired) electrons. The first-order valence-electron chi connectivity index (χ1n) is 6.59. The molecule has 1 heterocycles. The topological polar surface area (TPSA) is 49.8 Å². The molecule has 1 aromatic heterocycles. The van der Waals surface area contributed by atoms with Crippen LogP contribution in [-0.2, 0) is 5.41 Å². The molecular formula is C15H18FIN4. The number of nitrogens with zero attached hydrogens (tertiary/aromatic N) is 2. The maximum Gasteiger partial charge on any atom is 0.138 e. The maximum atomic E-state index is 13.2. The Bertz CT molecular complexity index is 653. The molecule has 2 N–H and O–H groups in total. The second kappa shape index (κ2) is 6.13. The van der Waals surface area contributed by atoms with Gasteiger partial charge in [0.15, 0.2) is 0 Å². The van der Waals surface area contributed by atoms with Crippen LogP contribution in [-0.4, -0.2) is 17.0 Å². The number of nitrogens with one attached hydrogen (secondary N) is 2. The SMILES string of the molecule is CNc1cc(Nc2ccc(F)cc2I)nc(C(C)(C)C)n1. The lowest BCUT2D eigenvalue weighted by atomic mass is 9.96. The van der Waals surface area contributed by atoms with Gasteiger partial charge in [-0.25, -0.2) is 14.4 Å². The number of hydrogen-bond acceptors (Lipinski definition) is 4. The Kier molecular flexibility index (Phi) is 4.65. The summed E-state index contributed by atoms with van der Waals surface area (Å²) in [5.74, 6) is 1.92. The monoisotopic (exact) mass is 400 g/mol. The van der Waals surface area contributed by atoms with Gasteiger partial charge < -0.3 is 10.6 Å². The Labute approximate surface area is 137 Å². The number of hydrogen-bond donors (Lipinski definition) is 2. The summed E-state index contributed by atoms with van der Waals surface area (Å²) >= 11 is 2.09. The van der Waals surface area contributed by atoms with Crippen molar-refractivity contribution in [3.8, 4) is 0 Å². The van der Waals surface area contributed by atoms with Crippen molar-refractivity contribution in [3.63, 3.8) is 0 Å². The first-order valence-corrected chi connectivity index (χ1v) is 7.67. The van der Waals surface area contributed by atoms with E-state index in [-0.39, 0.29) is 11.2 Å². The second-order valence-electron chi connectivity index (χ2n) is 5.71. The van der Waals surface area contributed by atoms with E-state index < -0.39 is 0 Å². The lowest BCUT2D eigenvalue weighted by molar-refractivity contribution is 0.547. The van der Waals surface area contributed by atoms with E-state index in [2.05, 4.69) is 64.0 Å². The number of anilines is 3. The van der Waals surface area contributed by atoms with Crippen molar-refractivity contribution < 1.29 is 4.39 Å². The van der Waals surface area contributed by atoms with E-state index in [1.807, 2.05) is 13.1 Å². The van der Waals surface area contributed by atoms with Crippen molar-refractivity contribution in [1.29, 1.82) is 0 Å². The van der Waals surface area contributed by atoms with Gasteiger partial charge in [-0.1, -0.05) is 20.8 Å². The molecule has 0 bridgehead atoms. The summed E-state index contributed by atoms with van der Waals surface area (Å²) < 4.78 is 14.0. The minimum absolute atomic E-state index is 0.154. The highest BCUT2D eigenvalue weighted by molar-refractivity contribution is 14.1. The minimum Gasteiger partial charge on any atom is -0.373 e. The summed E-state index contributed by atoms with van der Waals surface area (Å²) in [4.78, 5) is 9.03.